The molecule has 0 fully saturated rings. The molecule has 8 heteroatoms. The molecule has 3 rings (SSSR count). The number of aromatic amines is 1. The molecule has 3 aromatic rings. The second-order valence-corrected chi connectivity index (χ2v) is 6.73. The van der Waals surface area contributed by atoms with Crippen LogP contribution in [0.3, 0.4) is 0 Å². The van der Waals surface area contributed by atoms with Crippen molar-refractivity contribution in [3.63, 3.8) is 0 Å². The van der Waals surface area contributed by atoms with Crippen molar-refractivity contribution >= 4 is 39.0 Å². The predicted octanol–water partition coefficient (Wildman–Crippen LogP) is 4.13. The SMILES string of the molecule is Cc1nc(NC(C)c2cc3cc(Cl)c(F)cc3[nH]c2=O)sc1C#N. The molecule has 0 bridgehead atoms. The fourth-order valence-corrected chi connectivity index (χ4v) is 3.39. The first-order valence-electron chi connectivity index (χ1n) is 7.05. The van der Waals surface area contributed by atoms with Crippen LogP contribution in [0.15, 0.2) is 23.0 Å². The number of nitrogens with zero attached hydrogens (tertiary/aromatic N) is 2. The van der Waals surface area contributed by atoms with Gasteiger partial charge in [0, 0.05) is 10.9 Å². The lowest BCUT2D eigenvalue weighted by molar-refractivity contribution is 0.629. The zero-order valence-corrected chi connectivity index (χ0v) is 14.3. The molecule has 0 amide bonds. The number of thiazole rings is 1. The van der Waals surface area contributed by atoms with Crippen molar-refractivity contribution in [2.75, 3.05) is 5.32 Å². The number of pyridine rings is 1. The Morgan fingerprint density at radius 3 is 2.88 bits per heavy atom. The molecule has 2 aromatic heterocycles. The van der Waals surface area contributed by atoms with Gasteiger partial charge in [-0.25, -0.2) is 9.37 Å². The molecule has 2 N–H and O–H groups in total. The Balaban J connectivity index is 1.98. The molecule has 1 aromatic carbocycles. The van der Waals surface area contributed by atoms with E-state index < -0.39 is 5.82 Å². The van der Waals surface area contributed by atoms with Gasteiger partial charge in [0.15, 0.2) is 5.13 Å². The summed E-state index contributed by atoms with van der Waals surface area (Å²) in [4.78, 5) is 19.7. The van der Waals surface area contributed by atoms with E-state index in [2.05, 4.69) is 21.4 Å². The van der Waals surface area contributed by atoms with E-state index in [1.165, 1.54) is 23.5 Å². The molecule has 0 aliphatic rings. The topological polar surface area (TPSA) is 81.6 Å². The van der Waals surface area contributed by atoms with Crippen LogP contribution in [0.2, 0.25) is 5.02 Å². The summed E-state index contributed by atoms with van der Waals surface area (Å²) >= 11 is 7.03. The lowest BCUT2D eigenvalue weighted by atomic mass is 10.1. The average Bonchev–Trinajstić information content (AvgIpc) is 2.88. The van der Waals surface area contributed by atoms with Crippen LogP contribution in [0, 0.1) is 24.1 Å². The molecule has 0 spiro atoms. The van der Waals surface area contributed by atoms with Crippen LogP contribution in [0.4, 0.5) is 9.52 Å². The minimum atomic E-state index is -0.582. The quantitative estimate of drug-likeness (QED) is 0.734. The number of anilines is 1. The third-order valence-corrected chi connectivity index (χ3v) is 4.90. The number of aromatic nitrogens is 2. The molecule has 122 valence electrons. The van der Waals surface area contributed by atoms with Gasteiger partial charge in [0.1, 0.15) is 16.8 Å². The molecule has 1 atom stereocenters. The molecule has 0 saturated carbocycles. The van der Waals surface area contributed by atoms with Gasteiger partial charge in [0.25, 0.3) is 5.56 Å². The molecule has 0 saturated heterocycles. The van der Waals surface area contributed by atoms with Crippen molar-refractivity contribution in [1.29, 1.82) is 5.26 Å². The summed E-state index contributed by atoms with van der Waals surface area (Å²) in [6.45, 7) is 3.56. The van der Waals surface area contributed by atoms with E-state index in [4.69, 9.17) is 16.9 Å². The Bertz CT molecular complexity index is 1040. The Kier molecular flexibility index (Phi) is 4.26. The monoisotopic (exact) mass is 362 g/mol. The van der Waals surface area contributed by atoms with Gasteiger partial charge in [-0.2, -0.15) is 5.26 Å². The number of benzene rings is 1. The maximum atomic E-state index is 13.5. The minimum absolute atomic E-state index is 0.00433. The van der Waals surface area contributed by atoms with Crippen LogP contribution >= 0.6 is 22.9 Å². The number of fused-ring (bicyclic) bond motifs is 1. The van der Waals surface area contributed by atoms with Crippen LogP contribution in [0.5, 0.6) is 0 Å². The number of hydrogen-bond acceptors (Lipinski definition) is 5. The van der Waals surface area contributed by atoms with Gasteiger partial charge in [-0.05, 0) is 32.0 Å². The smallest absolute Gasteiger partial charge is 0.253 e. The normalized spacial score (nSPS) is 12.1. The summed E-state index contributed by atoms with van der Waals surface area (Å²) in [7, 11) is 0. The van der Waals surface area contributed by atoms with Crippen molar-refractivity contribution in [1.82, 2.24) is 9.97 Å². The largest absolute Gasteiger partial charge is 0.355 e. The van der Waals surface area contributed by atoms with Crippen molar-refractivity contribution in [2.24, 2.45) is 0 Å². The standard InChI is InChI=1S/C16H12ClFN4OS/c1-7(20-16-21-8(2)14(6-19)24-16)10-3-9-4-11(17)12(18)5-13(9)22-15(10)23/h3-5,7H,1-2H3,(H,20,21)(H,22,23). The van der Waals surface area contributed by atoms with Gasteiger partial charge in [-0.15, -0.1) is 0 Å². The molecule has 5 nitrogen and oxygen atoms in total. The van der Waals surface area contributed by atoms with Crippen molar-refractivity contribution in [3.05, 3.63) is 55.5 Å². The molecule has 2 heterocycles. The van der Waals surface area contributed by atoms with Crippen molar-refractivity contribution in [3.8, 4) is 6.07 Å². The van der Waals surface area contributed by atoms with Crippen molar-refractivity contribution in [2.45, 2.75) is 19.9 Å². The second-order valence-electron chi connectivity index (χ2n) is 5.32. The van der Waals surface area contributed by atoms with E-state index in [9.17, 15) is 9.18 Å². The summed E-state index contributed by atoms with van der Waals surface area (Å²) < 4.78 is 13.5. The Morgan fingerprint density at radius 1 is 1.46 bits per heavy atom. The number of nitriles is 1. The molecule has 0 radical (unpaired) electrons. The van der Waals surface area contributed by atoms with E-state index in [1.807, 2.05) is 6.92 Å². The highest BCUT2D eigenvalue weighted by molar-refractivity contribution is 7.16. The first kappa shape index (κ1) is 16.4. The number of rotatable bonds is 3. The van der Waals surface area contributed by atoms with Crippen LogP contribution in [-0.2, 0) is 0 Å². The average molecular weight is 363 g/mol. The Labute approximate surface area is 145 Å². The Morgan fingerprint density at radius 2 is 2.21 bits per heavy atom. The lowest BCUT2D eigenvalue weighted by Gasteiger charge is -2.13. The maximum absolute atomic E-state index is 13.5. The van der Waals surface area contributed by atoms with E-state index in [-0.39, 0.29) is 16.6 Å². The third kappa shape index (κ3) is 2.98. The van der Waals surface area contributed by atoms with Crippen molar-refractivity contribution < 1.29 is 4.39 Å². The minimum Gasteiger partial charge on any atom is -0.355 e. The summed E-state index contributed by atoms with van der Waals surface area (Å²) in [5.41, 5.74) is 1.18. The fraction of sp³-hybridized carbons (Fsp3) is 0.188. The van der Waals surface area contributed by atoms with E-state index >= 15 is 0 Å². The van der Waals surface area contributed by atoms with Gasteiger partial charge in [0.05, 0.1) is 22.3 Å². The zero-order chi connectivity index (χ0) is 17.4. The van der Waals surface area contributed by atoms with Crippen LogP contribution in [0.1, 0.15) is 29.1 Å². The molecular weight excluding hydrogens is 351 g/mol. The summed E-state index contributed by atoms with van der Waals surface area (Å²) in [6, 6.07) is 6.07. The molecule has 0 aliphatic heterocycles. The number of nitrogens with one attached hydrogen (secondary N) is 2. The highest BCUT2D eigenvalue weighted by Gasteiger charge is 2.15. The highest BCUT2D eigenvalue weighted by Crippen LogP contribution is 2.27. The predicted molar refractivity (Wildman–Crippen MR) is 93.1 cm³/mol. The summed E-state index contributed by atoms with van der Waals surface area (Å²) in [5, 5.41) is 13.3. The second kappa shape index (κ2) is 6.23. The van der Waals surface area contributed by atoms with Gasteiger partial charge < -0.3 is 10.3 Å². The first-order chi connectivity index (χ1) is 11.4. The molecule has 0 aliphatic carbocycles. The molecule has 1 unspecified atom stereocenters. The van der Waals surface area contributed by atoms with Gasteiger partial charge in [-0.3, -0.25) is 4.79 Å². The number of H-pyrrole nitrogens is 1. The van der Waals surface area contributed by atoms with Gasteiger partial charge in [0.2, 0.25) is 0 Å². The first-order valence-corrected chi connectivity index (χ1v) is 8.24. The number of halogens is 2. The highest BCUT2D eigenvalue weighted by atomic mass is 35.5. The fourth-order valence-electron chi connectivity index (χ4n) is 2.36. The number of hydrogen-bond donors (Lipinski definition) is 2. The van der Waals surface area contributed by atoms with Crippen LogP contribution in [0.25, 0.3) is 10.9 Å². The van der Waals surface area contributed by atoms with Gasteiger partial charge in [-0.1, -0.05) is 22.9 Å². The van der Waals surface area contributed by atoms with Crippen LogP contribution < -0.4 is 10.9 Å². The molecular formula is C16H12ClFN4OS. The third-order valence-electron chi connectivity index (χ3n) is 3.62. The van der Waals surface area contributed by atoms with E-state index in [0.717, 1.165) is 0 Å². The Hall–Kier alpha value is -2.43. The van der Waals surface area contributed by atoms with E-state index in [1.54, 1.807) is 13.0 Å². The molecule has 24 heavy (non-hydrogen) atoms. The zero-order valence-electron chi connectivity index (χ0n) is 12.8. The summed E-state index contributed by atoms with van der Waals surface area (Å²) in [5.74, 6) is -0.582. The summed E-state index contributed by atoms with van der Waals surface area (Å²) in [6.07, 6.45) is 0. The lowest BCUT2D eigenvalue weighted by Crippen LogP contribution is -2.19. The van der Waals surface area contributed by atoms with E-state index in [0.29, 0.717) is 32.2 Å². The van der Waals surface area contributed by atoms with Gasteiger partial charge >= 0.3 is 0 Å². The maximum Gasteiger partial charge on any atom is 0.253 e. The van der Waals surface area contributed by atoms with Crippen LogP contribution in [-0.4, -0.2) is 9.97 Å². The number of aryl methyl sites for hydroxylation is 1.